The van der Waals surface area contributed by atoms with Gasteiger partial charge in [0.25, 0.3) is 0 Å². The van der Waals surface area contributed by atoms with Gasteiger partial charge in [0.05, 0.1) is 0 Å². The summed E-state index contributed by atoms with van der Waals surface area (Å²) in [6.07, 6.45) is 1.89. The first kappa shape index (κ1) is 22.5. The maximum absolute atomic E-state index is 6.00. The fourth-order valence-corrected chi connectivity index (χ4v) is 0.0667. The van der Waals surface area contributed by atoms with Crippen LogP contribution in [0.5, 0.6) is 0 Å². The summed E-state index contributed by atoms with van der Waals surface area (Å²) in [6, 6.07) is 0. The number of nitrogens with one attached hydrogen (secondary N) is 2. The zero-order valence-electron chi connectivity index (χ0n) is 6.51. The molecule has 0 aromatic carbocycles. The first-order valence-corrected chi connectivity index (χ1v) is 2.00. The highest BCUT2D eigenvalue weighted by molar-refractivity contribution is 5.53. The minimum atomic E-state index is 0. The Labute approximate surface area is 69.3 Å². The summed E-state index contributed by atoms with van der Waals surface area (Å²) in [5, 5.41) is 11.1. The lowest BCUT2D eigenvalue weighted by atomic mass is 11.4. The number of rotatable bonds is 2. The van der Waals surface area contributed by atoms with E-state index < -0.39 is 0 Å². The zero-order valence-corrected chi connectivity index (χ0v) is 6.51. The largest absolute Gasteiger partial charge is 0.344 e. The molecule has 0 unspecified atom stereocenters. The minimum Gasteiger partial charge on any atom is -0.344 e. The number of hydrogen-bond donors (Lipinski definition) is 6. The molecule has 0 amide bonds. The zero-order chi connectivity index (χ0) is 8.24. The topological polar surface area (TPSA) is 219 Å². The maximum atomic E-state index is 6.00. The molecule has 0 radical (unpaired) electrons. The van der Waals surface area contributed by atoms with Crippen LogP contribution in [0.1, 0.15) is 0 Å². The molecule has 0 aromatic rings. The predicted molar refractivity (Wildman–Crippen MR) is 45.7 cm³/mol. The minimum absolute atomic E-state index is 0. The molecule has 12 N–H and O–H groups in total. The molecule has 0 aliphatic heterocycles. The van der Waals surface area contributed by atoms with Crippen LogP contribution >= 0.6 is 0 Å². The smallest absolute Gasteiger partial charge is 0.156 e. The summed E-state index contributed by atoms with van der Waals surface area (Å²) in [5.74, 6) is 8.99. The van der Waals surface area contributed by atoms with Gasteiger partial charge in [-0.1, -0.05) is 0 Å². The van der Waals surface area contributed by atoms with Gasteiger partial charge in [-0.2, -0.15) is 10.2 Å². The SMILES string of the molecule is N.N.N=NC=NN.N=NC=NN. The van der Waals surface area contributed by atoms with Gasteiger partial charge < -0.3 is 24.0 Å². The first-order valence-electron chi connectivity index (χ1n) is 2.00. The van der Waals surface area contributed by atoms with Crippen molar-refractivity contribution < 1.29 is 0 Å². The second kappa shape index (κ2) is 35.7. The van der Waals surface area contributed by atoms with Crippen molar-refractivity contribution in [2.75, 3.05) is 0 Å². The molecule has 0 aliphatic rings. The van der Waals surface area contributed by atoms with Crippen molar-refractivity contribution in [2.45, 2.75) is 0 Å². The average Bonchev–Trinajstić information content (AvgIpc) is 1.93. The molecule has 10 nitrogen and oxygen atoms in total. The van der Waals surface area contributed by atoms with Gasteiger partial charge >= 0.3 is 0 Å². The monoisotopic (exact) mass is 178 g/mol. The Morgan fingerprint density at radius 1 is 0.833 bits per heavy atom. The van der Waals surface area contributed by atoms with Crippen LogP contribution < -0.4 is 24.0 Å². The van der Waals surface area contributed by atoms with Gasteiger partial charge in [-0.05, 0) is 0 Å². The van der Waals surface area contributed by atoms with E-state index in [4.69, 9.17) is 11.1 Å². The van der Waals surface area contributed by atoms with E-state index in [1.54, 1.807) is 0 Å². The van der Waals surface area contributed by atoms with Crippen LogP contribution in [0.15, 0.2) is 20.4 Å². The molecular formula is C2H14N10. The molecule has 0 spiro atoms. The van der Waals surface area contributed by atoms with Crippen molar-refractivity contribution in [3.8, 4) is 0 Å². The maximum Gasteiger partial charge on any atom is 0.156 e. The third-order valence-corrected chi connectivity index (χ3v) is 0.249. The van der Waals surface area contributed by atoms with E-state index in [1.165, 1.54) is 0 Å². The molecular weight excluding hydrogens is 164 g/mol. The highest BCUT2D eigenvalue weighted by Gasteiger charge is 1.44. The van der Waals surface area contributed by atoms with Gasteiger partial charge in [0.15, 0.2) is 12.7 Å². The third-order valence-electron chi connectivity index (χ3n) is 0.249. The predicted octanol–water partition coefficient (Wildman–Crippen LogP) is 0.163. The fourth-order valence-electron chi connectivity index (χ4n) is 0.0667. The summed E-state index contributed by atoms with van der Waals surface area (Å²) in [5.41, 5.74) is 12.0. The molecule has 12 heavy (non-hydrogen) atoms. The van der Waals surface area contributed by atoms with Crippen LogP contribution in [-0.2, 0) is 0 Å². The van der Waals surface area contributed by atoms with Crippen molar-refractivity contribution in [2.24, 2.45) is 32.1 Å². The molecule has 0 saturated carbocycles. The molecule has 0 saturated heterocycles. The van der Waals surface area contributed by atoms with E-state index in [1.807, 2.05) is 0 Å². The summed E-state index contributed by atoms with van der Waals surface area (Å²) in [6.45, 7) is 0. The van der Waals surface area contributed by atoms with Crippen LogP contribution in [-0.4, -0.2) is 12.7 Å². The number of nitrogens with two attached hydrogens (primary N) is 2. The number of hydrazone groups is 2. The second-order valence-corrected chi connectivity index (χ2v) is 0.787. The van der Waals surface area contributed by atoms with Gasteiger partial charge in [-0.15, -0.1) is 10.2 Å². The lowest BCUT2D eigenvalue weighted by Crippen LogP contribution is -1.75. The van der Waals surface area contributed by atoms with Crippen LogP contribution in [0.3, 0.4) is 0 Å². The Bertz CT molecular complexity index is 108. The van der Waals surface area contributed by atoms with Gasteiger partial charge in [0.2, 0.25) is 0 Å². The van der Waals surface area contributed by atoms with Gasteiger partial charge in [0, 0.05) is 0 Å². The lowest BCUT2D eigenvalue weighted by Gasteiger charge is -1.58. The second-order valence-electron chi connectivity index (χ2n) is 0.787. The van der Waals surface area contributed by atoms with E-state index in [2.05, 4.69) is 32.1 Å². The first-order chi connectivity index (χ1) is 4.83. The van der Waals surface area contributed by atoms with Crippen LogP contribution in [0.2, 0.25) is 0 Å². The van der Waals surface area contributed by atoms with Crippen molar-refractivity contribution >= 4 is 12.7 Å². The molecule has 0 aromatic heterocycles. The summed E-state index contributed by atoms with van der Waals surface area (Å²) in [7, 11) is 0. The van der Waals surface area contributed by atoms with Crippen molar-refractivity contribution in [3.05, 3.63) is 0 Å². The van der Waals surface area contributed by atoms with Crippen LogP contribution in [0.25, 0.3) is 0 Å². The quantitative estimate of drug-likeness (QED) is 0.114. The highest BCUT2D eigenvalue weighted by Crippen LogP contribution is 1.45. The number of hydrogen-bond acceptors (Lipinski definition) is 8. The normalized spacial score (nSPS) is 7.33. The Balaban J connectivity index is -0.0000000457. The van der Waals surface area contributed by atoms with Crippen LogP contribution in [0, 0.1) is 11.1 Å². The Hall–Kier alpha value is -1.94. The Kier molecular flexibility index (Phi) is 66.9. The molecule has 72 valence electrons. The van der Waals surface area contributed by atoms with Gasteiger partial charge in [0.1, 0.15) is 0 Å². The molecule has 0 bridgehead atoms. The Morgan fingerprint density at radius 2 is 1.08 bits per heavy atom. The summed E-state index contributed by atoms with van der Waals surface area (Å²) in [4.78, 5) is 0. The molecule has 0 rings (SSSR count). The van der Waals surface area contributed by atoms with Gasteiger partial charge in [-0.25, -0.2) is 11.1 Å². The summed E-state index contributed by atoms with van der Waals surface area (Å²) >= 11 is 0. The van der Waals surface area contributed by atoms with E-state index >= 15 is 0 Å². The molecule has 0 aliphatic carbocycles. The molecule has 10 heteroatoms. The fraction of sp³-hybridized carbons (Fsp3) is 0. The van der Waals surface area contributed by atoms with E-state index in [9.17, 15) is 0 Å². The van der Waals surface area contributed by atoms with E-state index in [0.717, 1.165) is 12.7 Å². The van der Waals surface area contributed by atoms with Crippen molar-refractivity contribution in [1.29, 1.82) is 11.1 Å². The lowest BCUT2D eigenvalue weighted by molar-refractivity contribution is 1.17. The Morgan fingerprint density at radius 3 is 1.08 bits per heavy atom. The van der Waals surface area contributed by atoms with Crippen molar-refractivity contribution in [1.82, 2.24) is 12.3 Å². The number of nitrogens with zero attached hydrogens (tertiary/aromatic N) is 4. The van der Waals surface area contributed by atoms with Crippen molar-refractivity contribution in [3.63, 3.8) is 0 Å². The standard InChI is InChI=1S/2CH4N4.2H3N/c2*2-4-1-5-3;;/h2*1-2H,3H2;2*1H3. The molecule has 0 fully saturated rings. The molecule has 0 heterocycles. The molecule has 0 atom stereocenters. The van der Waals surface area contributed by atoms with Gasteiger partial charge in [-0.3, -0.25) is 0 Å². The van der Waals surface area contributed by atoms with Crippen LogP contribution in [0.4, 0.5) is 0 Å². The highest BCUT2D eigenvalue weighted by atomic mass is 15.2. The average molecular weight is 178 g/mol. The summed E-state index contributed by atoms with van der Waals surface area (Å²) < 4.78 is 0. The van der Waals surface area contributed by atoms with E-state index in [0.29, 0.717) is 0 Å². The third kappa shape index (κ3) is 94.7. The van der Waals surface area contributed by atoms with E-state index in [-0.39, 0.29) is 12.3 Å².